The molecule has 0 amide bonds. The van der Waals surface area contributed by atoms with Crippen molar-refractivity contribution in [1.29, 1.82) is 0 Å². The summed E-state index contributed by atoms with van der Waals surface area (Å²) in [5.41, 5.74) is 2.77. The predicted molar refractivity (Wildman–Crippen MR) is 85.1 cm³/mol. The lowest BCUT2D eigenvalue weighted by molar-refractivity contribution is -0.136. The van der Waals surface area contributed by atoms with Gasteiger partial charge in [0, 0.05) is 11.4 Å². The van der Waals surface area contributed by atoms with Gasteiger partial charge < -0.3 is 5.11 Å². The van der Waals surface area contributed by atoms with Crippen LogP contribution >= 0.6 is 11.3 Å². The lowest BCUT2D eigenvalue weighted by Gasteiger charge is -2.18. The van der Waals surface area contributed by atoms with Gasteiger partial charge in [0.05, 0.1) is 12.1 Å². The van der Waals surface area contributed by atoms with Crippen molar-refractivity contribution >= 4 is 33.0 Å². The van der Waals surface area contributed by atoms with E-state index < -0.39 is 16.0 Å². The fourth-order valence-electron chi connectivity index (χ4n) is 2.56. The van der Waals surface area contributed by atoms with Crippen LogP contribution in [-0.2, 0) is 27.7 Å². The highest BCUT2D eigenvalue weighted by molar-refractivity contribution is 7.94. The molecule has 0 saturated carbocycles. The minimum absolute atomic E-state index is 0.157. The van der Waals surface area contributed by atoms with E-state index >= 15 is 0 Å². The highest BCUT2D eigenvalue weighted by atomic mass is 32.2. The van der Waals surface area contributed by atoms with Gasteiger partial charge in [0.2, 0.25) is 0 Å². The van der Waals surface area contributed by atoms with Gasteiger partial charge in [0.25, 0.3) is 10.0 Å². The second kappa shape index (κ2) is 5.40. The molecule has 2 aromatic rings. The fourth-order valence-corrected chi connectivity index (χ4v) is 5.52. The first kappa shape index (κ1) is 15.1. The SMILES string of the molecule is Cc1ccc2c(c1)N(S(=O)(=O)c1ccc(CC(=O)O)s1)CC2. The minimum atomic E-state index is -3.62. The summed E-state index contributed by atoms with van der Waals surface area (Å²) in [6, 6.07) is 8.88. The number of anilines is 1. The van der Waals surface area contributed by atoms with Crippen LogP contribution in [0.1, 0.15) is 16.0 Å². The number of carbonyl (C=O) groups is 1. The molecule has 116 valence electrons. The van der Waals surface area contributed by atoms with Gasteiger partial charge in [-0.1, -0.05) is 12.1 Å². The van der Waals surface area contributed by atoms with Crippen LogP contribution in [0.3, 0.4) is 0 Å². The Morgan fingerprint density at radius 1 is 1.32 bits per heavy atom. The van der Waals surface area contributed by atoms with Crippen LogP contribution in [0, 0.1) is 6.92 Å². The molecule has 1 aromatic heterocycles. The molecule has 0 fully saturated rings. The summed E-state index contributed by atoms with van der Waals surface area (Å²) in [6.45, 7) is 2.35. The van der Waals surface area contributed by atoms with Gasteiger partial charge in [-0.05, 0) is 42.7 Å². The number of thiophene rings is 1. The summed E-state index contributed by atoms with van der Waals surface area (Å²) < 4.78 is 27.2. The third kappa shape index (κ3) is 2.62. The van der Waals surface area contributed by atoms with Crippen LogP contribution in [0.15, 0.2) is 34.5 Å². The highest BCUT2D eigenvalue weighted by Crippen LogP contribution is 2.35. The maximum Gasteiger partial charge on any atom is 0.308 e. The average molecular weight is 337 g/mol. The first-order chi connectivity index (χ1) is 10.4. The third-order valence-electron chi connectivity index (χ3n) is 3.60. The maximum atomic E-state index is 12.8. The zero-order chi connectivity index (χ0) is 15.9. The topological polar surface area (TPSA) is 74.7 Å². The molecule has 1 N–H and O–H groups in total. The summed E-state index contributed by atoms with van der Waals surface area (Å²) in [4.78, 5) is 11.3. The van der Waals surface area contributed by atoms with Crippen LogP contribution in [-0.4, -0.2) is 26.0 Å². The number of rotatable bonds is 4. The molecule has 1 aliphatic heterocycles. The normalized spacial score (nSPS) is 14.1. The summed E-state index contributed by atoms with van der Waals surface area (Å²) in [5.74, 6) is -0.965. The van der Waals surface area contributed by atoms with Crippen molar-refractivity contribution in [2.45, 2.75) is 24.0 Å². The molecule has 3 rings (SSSR count). The van der Waals surface area contributed by atoms with E-state index in [1.165, 1.54) is 10.4 Å². The molecule has 0 spiro atoms. The second-order valence-corrected chi connectivity index (χ2v) is 8.51. The van der Waals surface area contributed by atoms with E-state index in [-0.39, 0.29) is 10.6 Å². The van der Waals surface area contributed by atoms with Gasteiger partial charge in [-0.3, -0.25) is 9.10 Å². The molecule has 1 aromatic carbocycles. The van der Waals surface area contributed by atoms with Crippen molar-refractivity contribution < 1.29 is 18.3 Å². The Hall–Kier alpha value is -1.86. The largest absolute Gasteiger partial charge is 0.481 e. The summed E-state index contributed by atoms with van der Waals surface area (Å²) in [5, 5.41) is 8.80. The quantitative estimate of drug-likeness (QED) is 0.930. The first-order valence-corrected chi connectivity index (χ1v) is 9.06. The number of aryl methyl sites for hydroxylation is 1. The molecule has 0 unspecified atom stereocenters. The molecule has 2 heterocycles. The predicted octanol–water partition coefficient (Wildman–Crippen LogP) is 2.44. The molecular formula is C15H15NO4S2. The monoisotopic (exact) mass is 337 g/mol. The Morgan fingerprint density at radius 3 is 2.82 bits per heavy atom. The van der Waals surface area contributed by atoms with Crippen molar-refractivity contribution in [3.63, 3.8) is 0 Å². The van der Waals surface area contributed by atoms with E-state index in [0.29, 0.717) is 17.8 Å². The number of benzene rings is 1. The van der Waals surface area contributed by atoms with Crippen molar-refractivity contribution in [1.82, 2.24) is 0 Å². The molecule has 22 heavy (non-hydrogen) atoms. The standard InChI is InChI=1S/C15H15NO4S2/c1-10-2-3-11-6-7-16(13(11)8-10)22(19,20)15-5-4-12(21-15)9-14(17)18/h2-5,8H,6-7,9H2,1H3,(H,17,18). The fraction of sp³-hybridized carbons (Fsp3) is 0.267. The average Bonchev–Trinajstić information content (AvgIpc) is 3.04. The Morgan fingerprint density at radius 2 is 2.09 bits per heavy atom. The lowest BCUT2D eigenvalue weighted by atomic mass is 10.1. The van der Waals surface area contributed by atoms with Gasteiger partial charge in [-0.25, -0.2) is 8.42 Å². The van der Waals surface area contributed by atoms with Crippen molar-refractivity contribution in [2.24, 2.45) is 0 Å². The maximum absolute atomic E-state index is 12.8. The zero-order valence-electron chi connectivity index (χ0n) is 11.9. The number of fused-ring (bicyclic) bond motifs is 1. The summed E-state index contributed by atoms with van der Waals surface area (Å²) >= 11 is 1.02. The van der Waals surface area contributed by atoms with Crippen molar-refractivity contribution in [3.05, 3.63) is 46.3 Å². The van der Waals surface area contributed by atoms with Crippen molar-refractivity contribution in [2.75, 3.05) is 10.8 Å². The van der Waals surface area contributed by atoms with Crippen LogP contribution in [0.5, 0.6) is 0 Å². The molecule has 0 atom stereocenters. The van der Waals surface area contributed by atoms with E-state index in [4.69, 9.17) is 5.11 Å². The number of aliphatic carboxylic acids is 1. The number of carboxylic acids is 1. The summed E-state index contributed by atoms with van der Waals surface area (Å²) in [7, 11) is -3.62. The number of nitrogens with zero attached hydrogens (tertiary/aromatic N) is 1. The molecule has 7 heteroatoms. The van der Waals surface area contributed by atoms with E-state index in [9.17, 15) is 13.2 Å². The Kier molecular flexibility index (Phi) is 3.70. The first-order valence-electron chi connectivity index (χ1n) is 6.81. The number of hydrogen-bond donors (Lipinski definition) is 1. The minimum Gasteiger partial charge on any atom is -0.481 e. The Bertz CT molecular complexity index is 839. The van der Waals surface area contributed by atoms with Crippen LogP contribution in [0.25, 0.3) is 0 Å². The van der Waals surface area contributed by atoms with E-state index in [2.05, 4.69) is 0 Å². The second-order valence-electron chi connectivity index (χ2n) is 5.25. The van der Waals surface area contributed by atoms with E-state index in [1.807, 2.05) is 25.1 Å². The molecule has 5 nitrogen and oxygen atoms in total. The number of sulfonamides is 1. The molecule has 1 aliphatic rings. The van der Waals surface area contributed by atoms with Gasteiger partial charge in [0.1, 0.15) is 4.21 Å². The zero-order valence-corrected chi connectivity index (χ0v) is 13.6. The van der Waals surface area contributed by atoms with E-state index in [0.717, 1.165) is 28.2 Å². The summed E-state index contributed by atoms with van der Waals surface area (Å²) in [6.07, 6.45) is 0.540. The molecule has 0 aliphatic carbocycles. The van der Waals surface area contributed by atoms with Gasteiger partial charge in [-0.15, -0.1) is 11.3 Å². The Labute approximate surface area is 132 Å². The van der Waals surface area contributed by atoms with Crippen LogP contribution in [0.2, 0.25) is 0 Å². The Balaban J connectivity index is 1.97. The van der Waals surface area contributed by atoms with Gasteiger partial charge in [0.15, 0.2) is 0 Å². The molecule has 0 saturated heterocycles. The molecule has 0 bridgehead atoms. The van der Waals surface area contributed by atoms with Crippen LogP contribution < -0.4 is 4.31 Å². The van der Waals surface area contributed by atoms with Gasteiger partial charge >= 0.3 is 5.97 Å². The number of hydrogen-bond acceptors (Lipinski definition) is 4. The highest BCUT2D eigenvalue weighted by Gasteiger charge is 2.32. The number of carboxylic acid groups (broad SMARTS) is 1. The van der Waals surface area contributed by atoms with E-state index in [1.54, 1.807) is 6.07 Å². The third-order valence-corrected chi connectivity index (χ3v) is 6.97. The molecular weight excluding hydrogens is 322 g/mol. The molecule has 0 radical (unpaired) electrons. The lowest BCUT2D eigenvalue weighted by Crippen LogP contribution is -2.28. The smallest absolute Gasteiger partial charge is 0.308 e. The van der Waals surface area contributed by atoms with Crippen molar-refractivity contribution in [3.8, 4) is 0 Å². The van der Waals surface area contributed by atoms with Gasteiger partial charge in [-0.2, -0.15) is 0 Å². The van der Waals surface area contributed by atoms with Crippen LogP contribution in [0.4, 0.5) is 5.69 Å².